The summed E-state index contributed by atoms with van der Waals surface area (Å²) in [6, 6.07) is 1.11. The van der Waals surface area contributed by atoms with Gasteiger partial charge in [0, 0.05) is 38.9 Å². The molecular weight excluding hydrogens is 381 g/mol. The Labute approximate surface area is 162 Å². The summed E-state index contributed by atoms with van der Waals surface area (Å²) in [5.74, 6) is -0.0326. The molecule has 1 atom stereocenters. The van der Waals surface area contributed by atoms with E-state index in [4.69, 9.17) is 12.6 Å². The third kappa shape index (κ3) is 4.77. The first-order chi connectivity index (χ1) is 12.5. The van der Waals surface area contributed by atoms with Gasteiger partial charge < -0.3 is 9.14 Å². The number of imidazole rings is 1. The van der Waals surface area contributed by atoms with Crippen LogP contribution in [0.1, 0.15) is 11.6 Å². The standard InChI is InChI=1S/C16H24BN5O3SSi/c1-26(23,24)16-15-18-8-13(22(15)10-14(17)20-16)12-7-19-21(9-12)11-25-5-6-27(2,3)4/h7-8,10,12H,5-6,9,11H2,1-4H3. The number of ether oxygens (including phenoxy) is 1. The van der Waals surface area contributed by atoms with E-state index in [1.807, 2.05) is 11.2 Å². The molecule has 11 heteroatoms. The maximum Gasteiger partial charge on any atom is 0.197 e. The minimum atomic E-state index is -3.54. The lowest BCUT2D eigenvalue weighted by atomic mass is 10.1. The summed E-state index contributed by atoms with van der Waals surface area (Å²) in [5.41, 5.74) is 1.22. The van der Waals surface area contributed by atoms with E-state index in [2.05, 4.69) is 34.7 Å². The maximum absolute atomic E-state index is 12.0. The average Bonchev–Trinajstić information content (AvgIpc) is 3.15. The van der Waals surface area contributed by atoms with Gasteiger partial charge in [-0.2, -0.15) is 5.10 Å². The molecule has 1 aliphatic rings. The Balaban J connectivity index is 1.73. The molecule has 0 fully saturated rings. The number of nitrogens with zero attached hydrogens (tertiary/aromatic N) is 5. The normalized spacial score (nSPS) is 17.9. The molecule has 1 unspecified atom stereocenters. The van der Waals surface area contributed by atoms with Crippen LogP contribution in [-0.4, -0.2) is 76.1 Å². The smallest absolute Gasteiger partial charge is 0.197 e. The number of rotatable bonds is 7. The highest BCUT2D eigenvalue weighted by molar-refractivity contribution is 7.90. The third-order valence-electron chi connectivity index (χ3n) is 4.29. The summed E-state index contributed by atoms with van der Waals surface area (Å²) in [6.45, 7) is 8.76. The summed E-state index contributed by atoms with van der Waals surface area (Å²) >= 11 is 0. The lowest BCUT2D eigenvalue weighted by molar-refractivity contribution is 0.0418. The van der Waals surface area contributed by atoms with Gasteiger partial charge in [-0.05, 0) is 6.04 Å². The largest absolute Gasteiger partial charge is 0.360 e. The van der Waals surface area contributed by atoms with Crippen molar-refractivity contribution in [3.05, 3.63) is 18.1 Å². The highest BCUT2D eigenvalue weighted by atomic mass is 32.2. The van der Waals surface area contributed by atoms with Crippen LogP contribution >= 0.6 is 0 Å². The number of fused-ring (bicyclic) bond motifs is 1. The maximum atomic E-state index is 12.0. The van der Waals surface area contributed by atoms with Crippen molar-refractivity contribution in [2.75, 3.05) is 26.1 Å². The van der Waals surface area contributed by atoms with E-state index in [1.54, 1.807) is 16.8 Å². The van der Waals surface area contributed by atoms with Crippen LogP contribution in [0.2, 0.25) is 25.7 Å². The van der Waals surface area contributed by atoms with E-state index >= 15 is 0 Å². The Bertz CT molecular complexity index is 970. The van der Waals surface area contributed by atoms with E-state index in [1.165, 1.54) is 0 Å². The van der Waals surface area contributed by atoms with Gasteiger partial charge in [0.15, 0.2) is 20.5 Å². The Hall–Kier alpha value is -1.72. The minimum Gasteiger partial charge on any atom is -0.360 e. The molecule has 3 rings (SSSR count). The zero-order valence-corrected chi connectivity index (χ0v) is 17.9. The molecule has 1 aliphatic heterocycles. The molecule has 27 heavy (non-hydrogen) atoms. The molecular formula is C16H24BN5O3SSi. The van der Waals surface area contributed by atoms with Crippen molar-refractivity contribution in [1.82, 2.24) is 19.4 Å². The monoisotopic (exact) mass is 405 g/mol. The molecule has 0 aliphatic carbocycles. The molecule has 0 amide bonds. The average molecular weight is 405 g/mol. The van der Waals surface area contributed by atoms with Crippen LogP contribution in [0, 0.1) is 0 Å². The molecule has 0 saturated heterocycles. The molecule has 3 heterocycles. The number of aromatic nitrogens is 3. The first kappa shape index (κ1) is 20.0. The topological polar surface area (TPSA) is 89.2 Å². The van der Waals surface area contributed by atoms with Crippen LogP contribution in [0.15, 0.2) is 22.5 Å². The number of hydrogen-bond acceptors (Lipinski definition) is 7. The fraction of sp³-hybridized carbons (Fsp3) is 0.562. The molecule has 2 aromatic heterocycles. The predicted octanol–water partition coefficient (Wildman–Crippen LogP) is 0.624. The van der Waals surface area contributed by atoms with Crippen LogP contribution in [-0.2, 0) is 14.6 Å². The Kier molecular flexibility index (Phi) is 5.46. The molecule has 0 spiro atoms. The van der Waals surface area contributed by atoms with Crippen molar-refractivity contribution < 1.29 is 13.2 Å². The Morgan fingerprint density at radius 2 is 2.11 bits per heavy atom. The third-order valence-corrected chi connectivity index (χ3v) is 6.97. The minimum absolute atomic E-state index is 0.0326. The second-order valence-corrected chi connectivity index (χ2v) is 15.6. The Morgan fingerprint density at radius 1 is 1.37 bits per heavy atom. The van der Waals surface area contributed by atoms with Gasteiger partial charge >= 0.3 is 0 Å². The van der Waals surface area contributed by atoms with Gasteiger partial charge in [0.1, 0.15) is 14.6 Å². The molecule has 8 nitrogen and oxygen atoms in total. The zero-order valence-electron chi connectivity index (χ0n) is 16.1. The zero-order chi connectivity index (χ0) is 19.8. The molecule has 0 bridgehead atoms. The van der Waals surface area contributed by atoms with E-state index in [9.17, 15) is 8.42 Å². The molecule has 0 saturated carbocycles. The van der Waals surface area contributed by atoms with Crippen LogP contribution in [0.25, 0.3) is 5.65 Å². The summed E-state index contributed by atoms with van der Waals surface area (Å²) in [4.78, 5) is 8.20. The number of sulfone groups is 1. The van der Waals surface area contributed by atoms with E-state index in [-0.39, 0.29) is 22.2 Å². The van der Waals surface area contributed by atoms with Crippen molar-refractivity contribution in [1.29, 1.82) is 0 Å². The quantitative estimate of drug-likeness (QED) is 0.496. The van der Waals surface area contributed by atoms with Gasteiger partial charge in [-0.3, -0.25) is 5.01 Å². The van der Waals surface area contributed by atoms with E-state index < -0.39 is 17.9 Å². The van der Waals surface area contributed by atoms with E-state index in [0.717, 1.165) is 24.6 Å². The Morgan fingerprint density at radius 3 is 2.78 bits per heavy atom. The van der Waals surface area contributed by atoms with Gasteiger partial charge in [-0.1, -0.05) is 19.6 Å². The van der Waals surface area contributed by atoms with E-state index in [0.29, 0.717) is 13.3 Å². The first-order valence-electron chi connectivity index (χ1n) is 8.75. The highest BCUT2D eigenvalue weighted by Crippen LogP contribution is 2.23. The summed E-state index contributed by atoms with van der Waals surface area (Å²) in [7, 11) is 1.16. The fourth-order valence-electron chi connectivity index (χ4n) is 2.82. The second kappa shape index (κ2) is 7.36. The van der Waals surface area contributed by atoms with Crippen LogP contribution < -0.4 is 5.59 Å². The molecule has 144 valence electrons. The SMILES string of the molecule is [B]c1cn2c(C3C=NN(COCC[Si](C)(C)C)C3)cnc2c(S(C)(=O)=O)n1. The van der Waals surface area contributed by atoms with Crippen molar-refractivity contribution in [3.63, 3.8) is 0 Å². The number of hydrogen-bond donors (Lipinski definition) is 0. The molecule has 0 aromatic carbocycles. The first-order valence-corrected chi connectivity index (χ1v) is 14.3. The van der Waals surface area contributed by atoms with Crippen molar-refractivity contribution in [2.45, 2.75) is 36.6 Å². The van der Waals surface area contributed by atoms with Crippen LogP contribution in [0.5, 0.6) is 0 Å². The van der Waals surface area contributed by atoms with Crippen molar-refractivity contribution in [2.24, 2.45) is 5.10 Å². The van der Waals surface area contributed by atoms with Gasteiger partial charge in [0.25, 0.3) is 0 Å². The lowest BCUT2D eigenvalue weighted by Gasteiger charge is -2.19. The second-order valence-electron chi connectivity index (χ2n) is 8.03. The van der Waals surface area contributed by atoms with Gasteiger partial charge in [0.05, 0.1) is 24.4 Å². The predicted molar refractivity (Wildman–Crippen MR) is 108 cm³/mol. The summed E-state index contributed by atoms with van der Waals surface area (Å²) in [6.07, 6.45) is 6.16. The fourth-order valence-corrected chi connectivity index (χ4v) is 4.33. The summed E-state index contributed by atoms with van der Waals surface area (Å²) < 4.78 is 31.4. The van der Waals surface area contributed by atoms with Crippen molar-refractivity contribution >= 4 is 43.2 Å². The molecule has 0 N–H and O–H groups in total. The van der Waals surface area contributed by atoms with Crippen LogP contribution in [0.3, 0.4) is 0 Å². The van der Waals surface area contributed by atoms with Crippen molar-refractivity contribution in [3.8, 4) is 0 Å². The molecule has 2 aromatic rings. The highest BCUT2D eigenvalue weighted by Gasteiger charge is 2.25. The van der Waals surface area contributed by atoms with Gasteiger partial charge in [-0.25, -0.2) is 18.4 Å². The summed E-state index contributed by atoms with van der Waals surface area (Å²) in [5, 5.41) is 6.14. The lowest BCUT2D eigenvalue weighted by Crippen LogP contribution is -2.25. The van der Waals surface area contributed by atoms with Gasteiger partial charge in [0.2, 0.25) is 0 Å². The van der Waals surface area contributed by atoms with Crippen LogP contribution in [0.4, 0.5) is 0 Å². The van der Waals surface area contributed by atoms with Gasteiger partial charge in [-0.15, -0.1) is 0 Å². The molecule has 2 radical (unpaired) electrons. The number of hydrazone groups is 1.